The SMILES string of the molecule is CS(=O)(=O)c1c(F)cc(CC2CCCN2)cc1Cl. The maximum atomic E-state index is 13.8. The van der Waals surface area contributed by atoms with E-state index in [1.165, 1.54) is 6.07 Å². The molecular formula is C12H15ClFNO2S. The second kappa shape index (κ2) is 5.15. The Balaban J connectivity index is 2.30. The van der Waals surface area contributed by atoms with Gasteiger partial charge in [0.1, 0.15) is 10.7 Å². The van der Waals surface area contributed by atoms with Crippen LogP contribution in [0.25, 0.3) is 0 Å². The highest BCUT2D eigenvalue weighted by Crippen LogP contribution is 2.27. The van der Waals surface area contributed by atoms with Crippen molar-refractivity contribution in [1.29, 1.82) is 0 Å². The number of benzene rings is 1. The highest BCUT2D eigenvalue weighted by molar-refractivity contribution is 7.90. The summed E-state index contributed by atoms with van der Waals surface area (Å²) in [5.41, 5.74) is 0.726. The minimum absolute atomic E-state index is 0.0366. The zero-order valence-electron chi connectivity index (χ0n) is 10.0. The number of rotatable bonds is 3. The van der Waals surface area contributed by atoms with Crippen LogP contribution in [-0.4, -0.2) is 27.3 Å². The molecule has 1 saturated heterocycles. The van der Waals surface area contributed by atoms with Gasteiger partial charge in [-0.05, 0) is 43.5 Å². The molecule has 1 N–H and O–H groups in total. The van der Waals surface area contributed by atoms with Gasteiger partial charge in [-0.3, -0.25) is 0 Å². The summed E-state index contributed by atoms with van der Waals surface area (Å²) < 4.78 is 36.6. The summed E-state index contributed by atoms with van der Waals surface area (Å²) in [5.74, 6) is -0.766. The van der Waals surface area contributed by atoms with E-state index in [0.717, 1.165) is 31.2 Å². The normalized spacial score (nSPS) is 20.3. The van der Waals surface area contributed by atoms with Gasteiger partial charge in [-0.1, -0.05) is 11.6 Å². The molecule has 1 aromatic rings. The molecule has 2 rings (SSSR count). The largest absolute Gasteiger partial charge is 0.314 e. The van der Waals surface area contributed by atoms with Gasteiger partial charge < -0.3 is 5.32 Å². The molecule has 1 fully saturated rings. The first-order chi connectivity index (χ1) is 8.38. The molecule has 0 bridgehead atoms. The minimum Gasteiger partial charge on any atom is -0.314 e. The first kappa shape index (κ1) is 13.8. The Hall–Kier alpha value is -0.650. The number of hydrogen-bond acceptors (Lipinski definition) is 3. The molecule has 1 atom stereocenters. The maximum Gasteiger partial charge on any atom is 0.179 e. The lowest BCUT2D eigenvalue weighted by molar-refractivity contribution is 0.564. The highest BCUT2D eigenvalue weighted by atomic mass is 35.5. The molecule has 100 valence electrons. The summed E-state index contributed by atoms with van der Waals surface area (Å²) in [7, 11) is -3.63. The first-order valence-corrected chi connectivity index (χ1v) is 8.06. The Labute approximate surface area is 111 Å². The molecule has 0 spiro atoms. The molecule has 1 aliphatic heterocycles. The molecule has 3 nitrogen and oxygen atoms in total. The van der Waals surface area contributed by atoms with Crippen molar-refractivity contribution in [3.05, 3.63) is 28.5 Å². The zero-order chi connectivity index (χ0) is 13.3. The van der Waals surface area contributed by atoms with E-state index in [2.05, 4.69) is 5.32 Å². The summed E-state index contributed by atoms with van der Waals surface area (Å²) in [6.45, 7) is 0.975. The molecule has 6 heteroatoms. The van der Waals surface area contributed by atoms with Crippen molar-refractivity contribution in [1.82, 2.24) is 5.32 Å². The minimum atomic E-state index is -3.63. The van der Waals surface area contributed by atoms with Crippen LogP contribution in [0.4, 0.5) is 4.39 Å². The van der Waals surface area contributed by atoms with E-state index in [9.17, 15) is 12.8 Å². The van der Waals surface area contributed by atoms with Crippen LogP contribution in [0.2, 0.25) is 5.02 Å². The van der Waals surface area contributed by atoms with Crippen LogP contribution in [0.5, 0.6) is 0 Å². The smallest absolute Gasteiger partial charge is 0.179 e. The number of nitrogens with one attached hydrogen (secondary N) is 1. The average molecular weight is 292 g/mol. The highest BCUT2D eigenvalue weighted by Gasteiger charge is 2.21. The van der Waals surface area contributed by atoms with E-state index in [4.69, 9.17) is 11.6 Å². The molecule has 1 aromatic carbocycles. The average Bonchev–Trinajstić information content (AvgIpc) is 2.66. The Morgan fingerprint density at radius 1 is 1.50 bits per heavy atom. The molecule has 1 heterocycles. The van der Waals surface area contributed by atoms with Crippen LogP contribution in [0, 0.1) is 5.82 Å². The zero-order valence-corrected chi connectivity index (χ0v) is 11.6. The third-order valence-electron chi connectivity index (χ3n) is 3.07. The summed E-state index contributed by atoms with van der Waals surface area (Å²) >= 11 is 5.87. The van der Waals surface area contributed by atoms with Gasteiger partial charge in [0.05, 0.1) is 5.02 Å². The molecule has 0 radical (unpaired) electrons. The van der Waals surface area contributed by atoms with Gasteiger partial charge in [0.15, 0.2) is 9.84 Å². The van der Waals surface area contributed by atoms with Crippen LogP contribution in [0.3, 0.4) is 0 Å². The van der Waals surface area contributed by atoms with E-state index in [1.807, 2.05) is 0 Å². The van der Waals surface area contributed by atoms with Gasteiger partial charge in [-0.25, -0.2) is 12.8 Å². The molecule has 0 aromatic heterocycles. The Kier molecular flexibility index (Phi) is 3.94. The molecule has 18 heavy (non-hydrogen) atoms. The Bertz CT molecular complexity index is 530. The van der Waals surface area contributed by atoms with Gasteiger partial charge in [-0.2, -0.15) is 0 Å². The van der Waals surface area contributed by atoms with Crippen molar-refractivity contribution in [2.75, 3.05) is 12.8 Å². The van der Waals surface area contributed by atoms with Gasteiger partial charge in [0, 0.05) is 12.3 Å². The van der Waals surface area contributed by atoms with Crippen molar-refractivity contribution in [2.24, 2.45) is 0 Å². The quantitative estimate of drug-likeness (QED) is 0.928. The van der Waals surface area contributed by atoms with E-state index < -0.39 is 20.5 Å². The van der Waals surface area contributed by atoms with Crippen molar-refractivity contribution in [2.45, 2.75) is 30.2 Å². The summed E-state index contributed by atoms with van der Waals surface area (Å²) in [6.07, 6.45) is 3.78. The second-order valence-electron chi connectivity index (χ2n) is 4.66. The number of hydrogen-bond donors (Lipinski definition) is 1. The van der Waals surface area contributed by atoms with Crippen LogP contribution in [-0.2, 0) is 16.3 Å². The second-order valence-corrected chi connectivity index (χ2v) is 7.02. The van der Waals surface area contributed by atoms with Crippen molar-refractivity contribution >= 4 is 21.4 Å². The van der Waals surface area contributed by atoms with E-state index in [-0.39, 0.29) is 5.02 Å². The van der Waals surface area contributed by atoms with Crippen LogP contribution in [0.1, 0.15) is 18.4 Å². The van der Waals surface area contributed by atoms with Gasteiger partial charge in [-0.15, -0.1) is 0 Å². The Morgan fingerprint density at radius 2 is 2.22 bits per heavy atom. The predicted molar refractivity (Wildman–Crippen MR) is 69.2 cm³/mol. The predicted octanol–water partition coefficient (Wildman–Crippen LogP) is 2.18. The third kappa shape index (κ3) is 3.02. The lowest BCUT2D eigenvalue weighted by Gasteiger charge is -2.12. The lowest BCUT2D eigenvalue weighted by atomic mass is 10.0. The first-order valence-electron chi connectivity index (χ1n) is 5.79. The van der Waals surface area contributed by atoms with E-state index >= 15 is 0 Å². The van der Waals surface area contributed by atoms with Crippen molar-refractivity contribution < 1.29 is 12.8 Å². The monoisotopic (exact) mass is 291 g/mol. The third-order valence-corrected chi connectivity index (χ3v) is 4.64. The fourth-order valence-electron chi connectivity index (χ4n) is 2.30. The van der Waals surface area contributed by atoms with Gasteiger partial charge >= 0.3 is 0 Å². The molecule has 0 saturated carbocycles. The summed E-state index contributed by atoms with van der Waals surface area (Å²) in [4.78, 5) is -0.410. The number of halogens is 2. The van der Waals surface area contributed by atoms with Crippen molar-refractivity contribution in [3.8, 4) is 0 Å². The Morgan fingerprint density at radius 3 is 2.72 bits per heavy atom. The fourth-order valence-corrected chi connectivity index (χ4v) is 3.78. The lowest BCUT2D eigenvalue weighted by Crippen LogP contribution is -2.23. The van der Waals surface area contributed by atoms with E-state index in [1.54, 1.807) is 6.07 Å². The number of sulfone groups is 1. The fraction of sp³-hybridized carbons (Fsp3) is 0.500. The molecule has 0 amide bonds. The van der Waals surface area contributed by atoms with Crippen LogP contribution < -0.4 is 5.32 Å². The topological polar surface area (TPSA) is 46.2 Å². The molecule has 0 aliphatic carbocycles. The van der Waals surface area contributed by atoms with Gasteiger partial charge in [0.2, 0.25) is 0 Å². The summed E-state index contributed by atoms with van der Waals surface area (Å²) in [5, 5.41) is 3.27. The van der Waals surface area contributed by atoms with Crippen LogP contribution >= 0.6 is 11.6 Å². The molecule has 1 unspecified atom stereocenters. The molecule has 1 aliphatic rings. The standard InChI is InChI=1S/C12H15ClFNO2S/c1-18(16,17)12-10(13)6-8(7-11(12)14)5-9-3-2-4-15-9/h6-7,9,15H,2-5H2,1H3. The molecular weight excluding hydrogens is 277 g/mol. The summed E-state index contributed by atoms with van der Waals surface area (Å²) in [6, 6.07) is 3.13. The van der Waals surface area contributed by atoms with Gasteiger partial charge in [0.25, 0.3) is 0 Å². The van der Waals surface area contributed by atoms with Crippen LogP contribution in [0.15, 0.2) is 17.0 Å². The van der Waals surface area contributed by atoms with Crippen molar-refractivity contribution in [3.63, 3.8) is 0 Å². The maximum absolute atomic E-state index is 13.8. The van der Waals surface area contributed by atoms with E-state index in [0.29, 0.717) is 12.5 Å².